The lowest BCUT2D eigenvalue weighted by Crippen LogP contribution is -2.22. The molecule has 0 unspecified atom stereocenters. The van der Waals surface area contributed by atoms with Gasteiger partial charge in [0.1, 0.15) is 17.2 Å². The van der Waals surface area contributed by atoms with E-state index in [-0.39, 0.29) is 18.2 Å². The SMILES string of the molecule is COc1ccccc1NC(=O)COc1ccc(Br)cc1C=C1NC(=O)NC1=O. The van der Waals surface area contributed by atoms with E-state index in [2.05, 4.69) is 31.9 Å². The standard InChI is InChI=1S/C19H16BrN3O5/c1-27-16-5-3-2-4-13(16)21-17(24)10-28-15-7-6-12(20)8-11(15)9-14-18(25)23-19(26)22-14/h2-9H,10H2,1H3,(H,21,24)(H2,22,23,25,26). The number of nitrogens with one attached hydrogen (secondary N) is 3. The van der Waals surface area contributed by atoms with Crippen LogP contribution in [0.15, 0.2) is 52.6 Å². The van der Waals surface area contributed by atoms with Crippen LogP contribution in [0.1, 0.15) is 5.56 Å². The fourth-order valence-electron chi connectivity index (χ4n) is 2.48. The number of halogens is 1. The number of hydrogen-bond donors (Lipinski definition) is 3. The predicted octanol–water partition coefficient (Wildman–Crippen LogP) is 2.66. The number of benzene rings is 2. The van der Waals surface area contributed by atoms with Gasteiger partial charge in [-0.1, -0.05) is 28.1 Å². The summed E-state index contributed by atoms with van der Waals surface area (Å²) in [7, 11) is 1.51. The number of rotatable bonds is 6. The number of hydrogen-bond acceptors (Lipinski definition) is 5. The van der Waals surface area contributed by atoms with Crippen molar-refractivity contribution in [2.75, 3.05) is 19.0 Å². The fraction of sp³-hybridized carbons (Fsp3) is 0.105. The van der Waals surface area contributed by atoms with Crippen molar-refractivity contribution in [1.29, 1.82) is 0 Å². The Morgan fingerprint density at radius 1 is 1.14 bits per heavy atom. The van der Waals surface area contributed by atoms with Crippen molar-refractivity contribution >= 4 is 45.5 Å². The number of anilines is 1. The van der Waals surface area contributed by atoms with Crippen LogP contribution in [-0.2, 0) is 9.59 Å². The summed E-state index contributed by atoms with van der Waals surface area (Å²) in [6, 6.07) is 11.5. The number of carbonyl (C=O) groups excluding carboxylic acids is 3. The third kappa shape index (κ3) is 4.68. The Labute approximate surface area is 169 Å². The van der Waals surface area contributed by atoms with Gasteiger partial charge >= 0.3 is 6.03 Å². The maximum absolute atomic E-state index is 12.2. The molecule has 1 fully saturated rings. The maximum Gasteiger partial charge on any atom is 0.326 e. The molecule has 3 rings (SSSR count). The second-order valence-corrected chi connectivity index (χ2v) is 6.60. The minimum Gasteiger partial charge on any atom is -0.495 e. The summed E-state index contributed by atoms with van der Waals surface area (Å²) in [6.07, 6.45) is 1.47. The van der Waals surface area contributed by atoms with E-state index in [4.69, 9.17) is 9.47 Å². The zero-order valence-electron chi connectivity index (χ0n) is 14.7. The third-order valence-corrected chi connectivity index (χ3v) is 4.22. The Kier molecular flexibility index (Phi) is 5.95. The molecule has 0 aromatic heterocycles. The van der Waals surface area contributed by atoms with Gasteiger partial charge in [-0.15, -0.1) is 0 Å². The minimum atomic E-state index is -0.593. The molecule has 0 saturated carbocycles. The summed E-state index contributed by atoms with van der Waals surface area (Å²) in [5.74, 6) is -0.00416. The maximum atomic E-state index is 12.2. The summed E-state index contributed by atoms with van der Waals surface area (Å²) in [5, 5.41) is 7.24. The smallest absolute Gasteiger partial charge is 0.326 e. The van der Waals surface area contributed by atoms with Crippen molar-refractivity contribution in [3.8, 4) is 11.5 Å². The highest BCUT2D eigenvalue weighted by Gasteiger charge is 2.23. The van der Waals surface area contributed by atoms with Gasteiger partial charge in [-0.3, -0.25) is 14.9 Å². The largest absolute Gasteiger partial charge is 0.495 e. The molecule has 0 aliphatic carbocycles. The Balaban J connectivity index is 1.72. The van der Waals surface area contributed by atoms with E-state index in [0.29, 0.717) is 22.7 Å². The number of methoxy groups -OCH3 is 1. The van der Waals surface area contributed by atoms with Crippen molar-refractivity contribution < 1.29 is 23.9 Å². The van der Waals surface area contributed by atoms with E-state index in [1.807, 2.05) is 0 Å². The van der Waals surface area contributed by atoms with Crippen molar-refractivity contribution in [3.05, 3.63) is 58.2 Å². The highest BCUT2D eigenvalue weighted by Crippen LogP contribution is 2.26. The normalized spacial score (nSPS) is 14.4. The molecular weight excluding hydrogens is 430 g/mol. The second-order valence-electron chi connectivity index (χ2n) is 5.69. The molecule has 1 saturated heterocycles. The predicted molar refractivity (Wildman–Crippen MR) is 106 cm³/mol. The van der Waals surface area contributed by atoms with Gasteiger partial charge in [0.05, 0.1) is 12.8 Å². The van der Waals surface area contributed by atoms with Gasteiger partial charge in [0.15, 0.2) is 6.61 Å². The first kappa shape index (κ1) is 19.4. The zero-order chi connectivity index (χ0) is 20.1. The third-order valence-electron chi connectivity index (χ3n) is 3.73. The van der Waals surface area contributed by atoms with Gasteiger partial charge in [0.2, 0.25) is 0 Å². The van der Waals surface area contributed by atoms with E-state index in [1.54, 1.807) is 42.5 Å². The molecule has 2 aromatic rings. The Morgan fingerprint density at radius 2 is 1.93 bits per heavy atom. The van der Waals surface area contributed by atoms with E-state index in [1.165, 1.54) is 13.2 Å². The Bertz CT molecular complexity index is 974. The van der Waals surface area contributed by atoms with Gasteiger partial charge in [-0.2, -0.15) is 0 Å². The van der Waals surface area contributed by atoms with Crippen LogP contribution in [-0.4, -0.2) is 31.6 Å². The monoisotopic (exact) mass is 445 g/mol. The number of para-hydroxylation sites is 2. The number of imide groups is 1. The molecule has 1 heterocycles. The van der Waals surface area contributed by atoms with E-state index in [0.717, 1.165) is 4.47 Å². The van der Waals surface area contributed by atoms with Crippen molar-refractivity contribution in [3.63, 3.8) is 0 Å². The number of ether oxygens (including phenoxy) is 2. The van der Waals surface area contributed by atoms with Gasteiger partial charge in [-0.05, 0) is 36.4 Å². The molecule has 0 bridgehead atoms. The molecule has 144 valence electrons. The zero-order valence-corrected chi connectivity index (χ0v) is 16.3. The summed E-state index contributed by atoms with van der Waals surface area (Å²) < 4.78 is 11.5. The molecule has 1 aliphatic rings. The summed E-state index contributed by atoms with van der Waals surface area (Å²) in [6.45, 7) is -0.256. The van der Waals surface area contributed by atoms with Crippen LogP contribution in [0.25, 0.3) is 6.08 Å². The number of amides is 4. The second kappa shape index (κ2) is 8.57. The lowest BCUT2D eigenvalue weighted by Gasteiger charge is -2.12. The molecule has 4 amide bonds. The molecule has 28 heavy (non-hydrogen) atoms. The average Bonchev–Trinajstić information content (AvgIpc) is 2.98. The molecule has 0 spiro atoms. The van der Waals surface area contributed by atoms with Gasteiger partial charge < -0.3 is 20.1 Å². The number of carbonyl (C=O) groups is 3. The van der Waals surface area contributed by atoms with Crippen molar-refractivity contribution in [2.45, 2.75) is 0 Å². The number of urea groups is 1. The lowest BCUT2D eigenvalue weighted by molar-refractivity contribution is -0.118. The molecule has 0 radical (unpaired) electrons. The van der Waals surface area contributed by atoms with E-state index >= 15 is 0 Å². The van der Waals surface area contributed by atoms with Crippen molar-refractivity contribution in [1.82, 2.24) is 10.6 Å². The molecule has 8 nitrogen and oxygen atoms in total. The Hall–Kier alpha value is -3.33. The van der Waals surface area contributed by atoms with Crippen LogP contribution in [0, 0.1) is 0 Å². The molecule has 9 heteroatoms. The molecule has 3 N–H and O–H groups in total. The molecule has 1 aliphatic heterocycles. The van der Waals surface area contributed by atoms with Gasteiger partial charge in [0.25, 0.3) is 11.8 Å². The van der Waals surface area contributed by atoms with Crippen LogP contribution in [0.5, 0.6) is 11.5 Å². The molecular formula is C19H16BrN3O5. The van der Waals surface area contributed by atoms with Crippen LogP contribution in [0.3, 0.4) is 0 Å². The summed E-state index contributed by atoms with van der Waals surface area (Å²) >= 11 is 3.35. The highest BCUT2D eigenvalue weighted by molar-refractivity contribution is 9.10. The first-order valence-electron chi connectivity index (χ1n) is 8.15. The minimum absolute atomic E-state index is 0.0893. The molecule has 2 aromatic carbocycles. The van der Waals surface area contributed by atoms with Crippen LogP contribution in [0.2, 0.25) is 0 Å². The lowest BCUT2D eigenvalue weighted by atomic mass is 10.1. The van der Waals surface area contributed by atoms with Gasteiger partial charge in [0, 0.05) is 10.0 Å². The Morgan fingerprint density at radius 3 is 2.64 bits per heavy atom. The molecule has 0 atom stereocenters. The van der Waals surface area contributed by atoms with Crippen LogP contribution in [0.4, 0.5) is 10.5 Å². The quantitative estimate of drug-likeness (QED) is 0.468. The van der Waals surface area contributed by atoms with Crippen molar-refractivity contribution in [2.24, 2.45) is 0 Å². The topological polar surface area (TPSA) is 106 Å². The fourth-order valence-corrected chi connectivity index (χ4v) is 2.86. The highest BCUT2D eigenvalue weighted by atomic mass is 79.9. The van der Waals surface area contributed by atoms with Crippen LogP contribution < -0.4 is 25.4 Å². The first-order valence-corrected chi connectivity index (χ1v) is 8.95. The van der Waals surface area contributed by atoms with Gasteiger partial charge in [-0.25, -0.2) is 4.79 Å². The summed E-state index contributed by atoms with van der Waals surface area (Å²) in [5.41, 5.74) is 1.14. The first-order chi connectivity index (χ1) is 13.5. The van der Waals surface area contributed by atoms with E-state index in [9.17, 15) is 14.4 Å². The van der Waals surface area contributed by atoms with Crippen LogP contribution >= 0.6 is 15.9 Å². The summed E-state index contributed by atoms with van der Waals surface area (Å²) in [4.78, 5) is 35.2. The van der Waals surface area contributed by atoms with E-state index < -0.39 is 11.9 Å². The average molecular weight is 446 g/mol.